The average Bonchev–Trinajstić information content (AvgIpc) is 3.54. The molecule has 0 aromatic carbocycles. The van der Waals surface area contributed by atoms with Gasteiger partial charge >= 0.3 is 5.97 Å². The molecule has 0 unspecified atom stereocenters. The summed E-state index contributed by atoms with van der Waals surface area (Å²) >= 11 is 3.27. The second kappa shape index (κ2) is 8.73. The molecular formula is C24H25NO4S2. The van der Waals surface area contributed by atoms with Crippen LogP contribution < -0.4 is 5.32 Å². The van der Waals surface area contributed by atoms with Gasteiger partial charge in [0.15, 0.2) is 5.78 Å². The number of esters is 1. The Kier molecular flexibility index (Phi) is 5.82. The van der Waals surface area contributed by atoms with E-state index in [-0.39, 0.29) is 36.3 Å². The van der Waals surface area contributed by atoms with Crippen molar-refractivity contribution in [3.63, 3.8) is 0 Å². The molecule has 1 saturated heterocycles. The highest BCUT2D eigenvalue weighted by Gasteiger charge is 2.42. The number of hydrogen-bond acceptors (Lipinski definition) is 7. The molecule has 2 aliphatic heterocycles. The Morgan fingerprint density at radius 2 is 1.97 bits per heavy atom. The van der Waals surface area contributed by atoms with Crippen LogP contribution in [0.1, 0.15) is 54.2 Å². The summed E-state index contributed by atoms with van der Waals surface area (Å²) in [5.74, 6) is -0.435. The largest absolute Gasteiger partial charge is 0.459 e. The molecule has 3 aliphatic rings. The lowest BCUT2D eigenvalue weighted by Gasteiger charge is -2.36. The molecule has 0 saturated carbocycles. The van der Waals surface area contributed by atoms with Gasteiger partial charge in [0.05, 0.1) is 17.6 Å². The van der Waals surface area contributed by atoms with Crippen LogP contribution in [0.4, 0.5) is 0 Å². The number of rotatable bonds is 5. The lowest BCUT2D eigenvalue weighted by molar-refractivity contribution is -0.142. The number of allylic oxidation sites excluding steroid dienone is 3. The molecular weight excluding hydrogens is 430 g/mol. The number of ether oxygens (including phenoxy) is 2. The highest BCUT2D eigenvalue weighted by atomic mass is 32.1. The Hall–Kier alpha value is -2.22. The minimum absolute atomic E-state index is 0.0285. The van der Waals surface area contributed by atoms with Gasteiger partial charge in [-0.3, -0.25) is 4.79 Å². The summed E-state index contributed by atoms with van der Waals surface area (Å²) in [7, 11) is 0. The molecule has 162 valence electrons. The van der Waals surface area contributed by atoms with Crippen molar-refractivity contribution in [2.75, 3.05) is 13.2 Å². The Labute approximate surface area is 189 Å². The number of carbonyl (C=O) groups is 2. The van der Waals surface area contributed by atoms with Crippen molar-refractivity contribution in [2.24, 2.45) is 0 Å². The van der Waals surface area contributed by atoms with Crippen molar-refractivity contribution in [1.82, 2.24) is 5.32 Å². The predicted octanol–water partition coefficient (Wildman–Crippen LogP) is 4.89. The van der Waals surface area contributed by atoms with Crippen LogP contribution in [0.25, 0.3) is 0 Å². The van der Waals surface area contributed by atoms with Crippen LogP contribution in [0.15, 0.2) is 57.6 Å². The van der Waals surface area contributed by atoms with Gasteiger partial charge < -0.3 is 14.8 Å². The van der Waals surface area contributed by atoms with E-state index in [4.69, 9.17) is 9.47 Å². The molecule has 4 heterocycles. The third-order valence-corrected chi connectivity index (χ3v) is 8.22. The fourth-order valence-corrected chi connectivity index (χ4v) is 6.47. The Morgan fingerprint density at radius 3 is 2.65 bits per heavy atom. The zero-order valence-corrected chi connectivity index (χ0v) is 19.0. The molecule has 0 radical (unpaired) electrons. The van der Waals surface area contributed by atoms with E-state index in [1.54, 1.807) is 22.7 Å². The third-order valence-electron chi connectivity index (χ3n) is 6.25. The number of Topliss-reactive ketones (excluding diaryl/α,β-unsaturated/α-hetero) is 1. The number of hydrogen-bond donors (Lipinski definition) is 1. The van der Waals surface area contributed by atoms with Crippen molar-refractivity contribution in [3.8, 4) is 0 Å². The lowest BCUT2D eigenvalue weighted by atomic mass is 9.74. The fourth-order valence-electron chi connectivity index (χ4n) is 4.80. The summed E-state index contributed by atoms with van der Waals surface area (Å²) in [5, 5.41) is 7.45. The van der Waals surface area contributed by atoms with E-state index in [1.807, 2.05) is 30.5 Å². The predicted molar refractivity (Wildman–Crippen MR) is 121 cm³/mol. The standard InChI is InChI=1S/C24H25NO4S2/c1-14-21(24(27)29-13-16-5-2-8-28-16)23(20-7-4-10-31-20)22-17(25-14)11-15(12-18(22)26)19-6-3-9-30-19/h3-4,6-7,9-10,15-16,23,25H,2,5,8,11-13H2,1H3/t15-,16-,23-/m0/s1. The first kappa shape index (κ1) is 20.7. The van der Waals surface area contributed by atoms with Gasteiger partial charge in [-0.1, -0.05) is 12.1 Å². The molecule has 5 rings (SSSR count). The maximum atomic E-state index is 13.4. The van der Waals surface area contributed by atoms with E-state index in [2.05, 4.69) is 16.8 Å². The van der Waals surface area contributed by atoms with Gasteiger partial charge in [0.1, 0.15) is 6.61 Å². The zero-order chi connectivity index (χ0) is 21.4. The summed E-state index contributed by atoms with van der Waals surface area (Å²) in [6.07, 6.45) is 3.13. The fraction of sp³-hybridized carbons (Fsp3) is 0.417. The number of dihydropyridines is 1. The smallest absolute Gasteiger partial charge is 0.336 e. The monoisotopic (exact) mass is 455 g/mol. The normalized spacial score (nSPS) is 26.1. The molecule has 1 aliphatic carbocycles. The minimum Gasteiger partial charge on any atom is -0.459 e. The Morgan fingerprint density at radius 1 is 1.19 bits per heavy atom. The summed E-state index contributed by atoms with van der Waals surface area (Å²) in [6.45, 7) is 2.89. The van der Waals surface area contributed by atoms with E-state index < -0.39 is 0 Å². The molecule has 1 fully saturated rings. The SMILES string of the molecule is CC1=C(C(=O)OC[C@@H]2CCCO2)[C@H](c2cccs2)C2=C(C[C@H](c3cccs3)CC2=O)N1. The van der Waals surface area contributed by atoms with E-state index in [0.29, 0.717) is 12.0 Å². The van der Waals surface area contributed by atoms with E-state index in [9.17, 15) is 9.59 Å². The summed E-state index contributed by atoms with van der Waals surface area (Å²) < 4.78 is 11.3. The van der Waals surface area contributed by atoms with Crippen molar-refractivity contribution in [2.45, 2.75) is 50.5 Å². The molecule has 0 amide bonds. The molecule has 31 heavy (non-hydrogen) atoms. The first-order valence-corrected chi connectivity index (χ1v) is 12.5. The van der Waals surface area contributed by atoms with Gasteiger partial charge in [-0.25, -0.2) is 4.79 Å². The van der Waals surface area contributed by atoms with Gasteiger partial charge in [0.25, 0.3) is 0 Å². The van der Waals surface area contributed by atoms with E-state index in [1.165, 1.54) is 4.88 Å². The first-order valence-electron chi connectivity index (χ1n) is 10.7. The molecule has 7 heteroatoms. The first-order chi connectivity index (χ1) is 15.1. The number of ketones is 1. The highest BCUT2D eigenvalue weighted by Crippen LogP contribution is 2.47. The van der Waals surface area contributed by atoms with E-state index >= 15 is 0 Å². The molecule has 2 aromatic heterocycles. The van der Waals surface area contributed by atoms with Gasteiger partial charge in [-0.15, -0.1) is 22.7 Å². The van der Waals surface area contributed by atoms with Gasteiger partial charge in [0, 0.05) is 45.7 Å². The topological polar surface area (TPSA) is 64.6 Å². The summed E-state index contributed by atoms with van der Waals surface area (Å²) in [6, 6.07) is 8.11. The highest BCUT2D eigenvalue weighted by molar-refractivity contribution is 7.10. The van der Waals surface area contributed by atoms with Gasteiger partial charge in [-0.05, 0) is 49.1 Å². The minimum atomic E-state index is -0.370. The Balaban J connectivity index is 1.46. The van der Waals surface area contributed by atoms with Crippen LogP contribution in [0.2, 0.25) is 0 Å². The van der Waals surface area contributed by atoms with Crippen LogP contribution in [0.3, 0.4) is 0 Å². The summed E-state index contributed by atoms with van der Waals surface area (Å²) in [4.78, 5) is 28.8. The molecule has 5 nitrogen and oxygen atoms in total. The average molecular weight is 456 g/mol. The van der Waals surface area contributed by atoms with Crippen LogP contribution in [0.5, 0.6) is 0 Å². The molecule has 0 spiro atoms. The Bertz CT molecular complexity index is 1030. The number of carbonyl (C=O) groups excluding carboxylic acids is 2. The zero-order valence-electron chi connectivity index (χ0n) is 17.4. The molecule has 3 atom stereocenters. The lowest BCUT2D eigenvalue weighted by Crippen LogP contribution is -2.36. The van der Waals surface area contributed by atoms with Crippen molar-refractivity contribution in [1.29, 1.82) is 0 Å². The van der Waals surface area contributed by atoms with Crippen molar-refractivity contribution in [3.05, 3.63) is 67.3 Å². The second-order valence-electron chi connectivity index (χ2n) is 8.28. The van der Waals surface area contributed by atoms with E-state index in [0.717, 1.165) is 47.7 Å². The van der Waals surface area contributed by atoms with Crippen LogP contribution in [-0.2, 0) is 19.1 Å². The number of nitrogens with one attached hydrogen (secondary N) is 1. The molecule has 2 aromatic rings. The van der Waals surface area contributed by atoms with Gasteiger partial charge in [-0.2, -0.15) is 0 Å². The van der Waals surface area contributed by atoms with Crippen molar-refractivity contribution >= 4 is 34.4 Å². The van der Waals surface area contributed by atoms with Gasteiger partial charge in [0.2, 0.25) is 0 Å². The maximum Gasteiger partial charge on any atom is 0.336 e. The quantitative estimate of drug-likeness (QED) is 0.650. The van der Waals surface area contributed by atoms with Crippen LogP contribution in [-0.4, -0.2) is 31.1 Å². The summed E-state index contributed by atoms with van der Waals surface area (Å²) in [5.41, 5.74) is 2.99. The molecule has 1 N–H and O–H groups in total. The maximum absolute atomic E-state index is 13.4. The number of thiophene rings is 2. The van der Waals surface area contributed by atoms with Crippen molar-refractivity contribution < 1.29 is 19.1 Å². The molecule has 0 bridgehead atoms. The van der Waals surface area contributed by atoms with Crippen LogP contribution >= 0.6 is 22.7 Å². The van der Waals surface area contributed by atoms with Crippen LogP contribution in [0, 0.1) is 0 Å². The third kappa shape index (κ3) is 4.02. The second-order valence-corrected chi connectivity index (χ2v) is 10.2.